The molecule has 0 amide bonds. The summed E-state index contributed by atoms with van der Waals surface area (Å²) in [7, 11) is 0.0631. The van der Waals surface area contributed by atoms with Crippen LogP contribution in [0.2, 0.25) is 0 Å². The Labute approximate surface area is 192 Å². The van der Waals surface area contributed by atoms with Crippen molar-refractivity contribution in [2.75, 3.05) is 41.0 Å². The summed E-state index contributed by atoms with van der Waals surface area (Å²) in [4.78, 5) is 24.4. The fraction of sp³-hybridized carbons (Fsp3) is 0.364. The van der Waals surface area contributed by atoms with Gasteiger partial charge in [-0.15, -0.1) is 0 Å². The molecule has 0 aliphatic rings. The molecule has 33 heavy (non-hydrogen) atoms. The number of hydrogen-bond donors (Lipinski definition) is 0. The number of sulfonamides is 1. The first-order chi connectivity index (χ1) is 15.6. The van der Waals surface area contributed by atoms with E-state index in [2.05, 4.69) is 0 Å². The SMILES string of the molecule is CCN(CC)S(=O)(=O)c1cc(C(=O)OCC(=O)c2cc(OC)c(OC)c(OC)c2)ccc1F. The number of Topliss-reactive ketones (excluding diaryl/α,β-unsaturated/α-hetero) is 1. The van der Waals surface area contributed by atoms with Crippen molar-refractivity contribution in [3.8, 4) is 17.2 Å². The molecule has 0 fully saturated rings. The van der Waals surface area contributed by atoms with Gasteiger partial charge in [0.05, 0.1) is 26.9 Å². The predicted octanol–water partition coefficient (Wildman–Crippen LogP) is 2.92. The number of carbonyl (C=O) groups excluding carboxylic acids is 2. The molecule has 0 aliphatic carbocycles. The summed E-state index contributed by atoms with van der Waals surface area (Å²) in [5.74, 6) is -1.76. The van der Waals surface area contributed by atoms with Gasteiger partial charge in [-0.2, -0.15) is 4.31 Å². The number of esters is 1. The third kappa shape index (κ3) is 5.60. The van der Waals surface area contributed by atoms with Gasteiger partial charge in [-0.3, -0.25) is 4.79 Å². The maximum Gasteiger partial charge on any atom is 0.338 e. The maximum absolute atomic E-state index is 14.3. The fourth-order valence-electron chi connectivity index (χ4n) is 3.07. The van der Waals surface area contributed by atoms with E-state index >= 15 is 0 Å². The first-order valence-electron chi connectivity index (χ1n) is 9.94. The number of nitrogens with zero attached hydrogens (tertiary/aromatic N) is 1. The van der Waals surface area contributed by atoms with E-state index in [9.17, 15) is 22.4 Å². The second-order valence-electron chi connectivity index (χ2n) is 6.65. The van der Waals surface area contributed by atoms with Crippen LogP contribution in [0, 0.1) is 5.82 Å². The van der Waals surface area contributed by atoms with Crippen LogP contribution in [-0.4, -0.2) is 65.5 Å². The highest BCUT2D eigenvalue weighted by molar-refractivity contribution is 7.89. The topological polar surface area (TPSA) is 108 Å². The molecule has 0 saturated heterocycles. The molecule has 0 aliphatic heterocycles. The highest BCUT2D eigenvalue weighted by atomic mass is 32.2. The van der Waals surface area contributed by atoms with E-state index in [1.807, 2.05) is 0 Å². The van der Waals surface area contributed by atoms with Crippen molar-refractivity contribution in [1.29, 1.82) is 0 Å². The van der Waals surface area contributed by atoms with Crippen LogP contribution in [0.5, 0.6) is 17.2 Å². The van der Waals surface area contributed by atoms with Gasteiger partial charge in [0, 0.05) is 18.7 Å². The van der Waals surface area contributed by atoms with Crippen molar-refractivity contribution >= 4 is 21.8 Å². The minimum atomic E-state index is -4.14. The fourth-order valence-corrected chi connectivity index (χ4v) is 4.62. The molecular formula is C22H26FNO8S. The van der Waals surface area contributed by atoms with Crippen LogP contribution in [0.3, 0.4) is 0 Å². The molecule has 0 atom stereocenters. The third-order valence-electron chi connectivity index (χ3n) is 4.81. The lowest BCUT2D eigenvalue weighted by atomic mass is 10.1. The summed E-state index contributed by atoms with van der Waals surface area (Å²) < 4.78 is 61.3. The van der Waals surface area contributed by atoms with E-state index in [0.717, 1.165) is 22.5 Å². The van der Waals surface area contributed by atoms with Crippen molar-refractivity contribution < 1.29 is 41.3 Å². The van der Waals surface area contributed by atoms with E-state index in [1.165, 1.54) is 33.5 Å². The number of ketones is 1. The highest BCUT2D eigenvalue weighted by Gasteiger charge is 2.27. The van der Waals surface area contributed by atoms with Gasteiger partial charge in [0.25, 0.3) is 0 Å². The Morgan fingerprint density at radius 3 is 1.97 bits per heavy atom. The average Bonchev–Trinajstić information content (AvgIpc) is 2.81. The van der Waals surface area contributed by atoms with Crippen molar-refractivity contribution in [2.24, 2.45) is 0 Å². The second kappa shape index (κ2) is 11.1. The van der Waals surface area contributed by atoms with Crippen molar-refractivity contribution in [2.45, 2.75) is 18.7 Å². The molecule has 2 aromatic carbocycles. The monoisotopic (exact) mass is 483 g/mol. The van der Waals surface area contributed by atoms with Gasteiger partial charge in [0.15, 0.2) is 18.1 Å². The van der Waals surface area contributed by atoms with E-state index in [4.69, 9.17) is 18.9 Å². The lowest BCUT2D eigenvalue weighted by Crippen LogP contribution is -2.31. The Morgan fingerprint density at radius 1 is 0.909 bits per heavy atom. The van der Waals surface area contributed by atoms with Crippen LogP contribution >= 0.6 is 0 Å². The molecule has 9 nitrogen and oxygen atoms in total. The number of ether oxygens (including phenoxy) is 4. The molecule has 0 heterocycles. The summed E-state index contributed by atoms with van der Waals surface area (Å²) in [6.45, 7) is 2.86. The van der Waals surface area contributed by atoms with Gasteiger partial charge in [-0.1, -0.05) is 13.8 Å². The molecule has 0 N–H and O–H groups in total. The van der Waals surface area contributed by atoms with E-state index < -0.39 is 39.1 Å². The van der Waals surface area contributed by atoms with Crippen molar-refractivity contribution in [3.63, 3.8) is 0 Å². The zero-order valence-corrected chi connectivity index (χ0v) is 19.8. The Bertz CT molecular complexity index is 1100. The summed E-state index contributed by atoms with van der Waals surface area (Å²) >= 11 is 0. The molecule has 0 unspecified atom stereocenters. The van der Waals surface area contributed by atoms with Crippen LogP contribution in [0.15, 0.2) is 35.2 Å². The van der Waals surface area contributed by atoms with Gasteiger partial charge in [0.1, 0.15) is 10.7 Å². The Kier molecular flexibility index (Phi) is 8.77. The zero-order chi connectivity index (χ0) is 24.8. The van der Waals surface area contributed by atoms with Gasteiger partial charge < -0.3 is 18.9 Å². The summed E-state index contributed by atoms with van der Waals surface area (Å²) in [5.41, 5.74) is -0.0685. The number of methoxy groups -OCH3 is 3. The summed E-state index contributed by atoms with van der Waals surface area (Å²) in [6, 6.07) is 5.67. The van der Waals surface area contributed by atoms with Crippen molar-refractivity contribution in [1.82, 2.24) is 4.31 Å². The van der Waals surface area contributed by atoms with Crippen LogP contribution in [0.4, 0.5) is 4.39 Å². The Hall–Kier alpha value is -3.18. The zero-order valence-electron chi connectivity index (χ0n) is 19.0. The lowest BCUT2D eigenvalue weighted by molar-refractivity contribution is 0.0474. The van der Waals surface area contributed by atoms with Crippen LogP contribution in [0.1, 0.15) is 34.6 Å². The van der Waals surface area contributed by atoms with Gasteiger partial charge in [0.2, 0.25) is 21.6 Å². The maximum atomic E-state index is 14.3. The minimum Gasteiger partial charge on any atom is -0.493 e. The lowest BCUT2D eigenvalue weighted by Gasteiger charge is -2.19. The average molecular weight is 484 g/mol. The first-order valence-corrected chi connectivity index (χ1v) is 11.4. The smallest absolute Gasteiger partial charge is 0.338 e. The minimum absolute atomic E-state index is 0.135. The van der Waals surface area contributed by atoms with E-state index in [0.29, 0.717) is 5.75 Å². The van der Waals surface area contributed by atoms with E-state index in [1.54, 1.807) is 13.8 Å². The molecular weight excluding hydrogens is 457 g/mol. The summed E-state index contributed by atoms with van der Waals surface area (Å²) in [6.07, 6.45) is 0. The molecule has 11 heteroatoms. The third-order valence-corrected chi connectivity index (χ3v) is 6.88. The van der Waals surface area contributed by atoms with Gasteiger partial charge >= 0.3 is 5.97 Å². The molecule has 0 bridgehead atoms. The number of benzene rings is 2. The molecule has 0 spiro atoms. The van der Waals surface area contributed by atoms with Crippen molar-refractivity contribution in [3.05, 3.63) is 47.3 Å². The predicted molar refractivity (Wildman–Crippen MR) is 117 cm³/mol. The first kappa shape index (κ1) is 26.1. The van der Waals surface area contributed by atoms with Crippen LogP contribution in [-0.2, 0) is 14.8 Å². The van der Waals surface area contributed by atoms with Gasteiger partial charge in [-0.05, 0) is 30.3 Å². The quantitative estimate of drug-likeness (QED) is 0.355. The number of rotatable bonds is 11. The largest absolute Gasteiger partial charge is 0.493 e. The molecule has 0 aromatic heterocycles. The molecule has 2 aromatic rings. The molecule has 0 radical (unpaired) electrons. The number of carbonyl (C=O) groups is 2. The normalized spacial score (nSPS) is 11.2. The molecule has 2 rings (SSSR count). The standard InChI is InChI=1S/C22H26FNO8S/c1-6-24(7-2)33(27,28)20-12-14(8-9-16(20)23)22(26)32-13-17(25)15-10-18(29-3)21(31-5)19(11-15)30-4/h8-12H,6-7,13H2,1-5H3. The molecule has 0 saturated carbocycles. The summed E-state index contributed by atoms with van der Waals surface area (Å²) in [5, 5.41) is 0. The van der Waals surface area contributed by atoms with Crippen LogP contribution in [0.25, 0.3) is 0 Å². The number of hydrogen-bond acceptors (Lipinski definition) is 8. The highest BCUT2D eigenvalue weighted by Crippen LogP contribution is 2.38. The van der Waals surface area contributed by atoms with E-state index in [-0.39, 0.29) is 35.7 Å². The van der Waals surface area contributed by atoms with Crippen LogP contribution < -0.4 is 14.2 Å². The number of halogens is 1. The second-order valence-corrected chi connectivity index (χ2v) is 8.55. The Morgan fingerprint density at radius 2 is 1.48 bits per heavy atom. The Balaban J connectivity index is 2.24. The molecule has 180 valence electrons. The van der Waals surface area contributed by atoms with Gasteiger partial charge in [-0.25, -0.2) is 17.6 Å².